The molecule has 0 unspecified atom stereocenters. The molecule has 0 saturated carbocycles. The maximum atomic E-state index is 13.4. The second-order valence-corrected chi connectivity index (χ2v) is 6.17. The Morgan fingerprint density at radius 3 is 2.75 bits per heavy atom. The fourth-order valence-electron chi connectivity index (χ4n) is 1.84. The summed E-state index contributed by atoms with van der Waals surface area (Å²) < 4.78 is 15.3. The Hall–Kier alpha value is -1.39. The van der Waals surface area contributed by atoms with Gasteiger partial charge in [0, 0.05) is 18.3 Å². The van der Waals surface area contributed by atoms with Gasteiger partial charge in [0.1, 0.15) is 5.82 Å². The SMILES string of the molecule is CC(C)(C)NCc1ccnn1Cc1cccc(F)c1Cl. The molecule has 5 heteroatoms. The van der Waals surface area contributed by atoms with Crippen LogP contribution >= 0.6 is 11.6 Å². The second-order valence-electron chi connectivity index (χ2n) is 5.80. The highest BCUT2D eigenvalue weighted by Gasteiger charge is 2.12. The molecule has 20 heavy (non-hydrogen) atoms. The molecule has 0 amide bonds. The third kappa shape index (κ3) is 3.81. The molecule has 0 atom stereocenters. The van der Waals surface area contributed by atoms with Gasteiger partial charge in [0.2, 0.25) is 0 Å². The van der Waals surface area contributed by atoms with E-state index in [4.69, 9.17) is 11.6 Å². The molecule has 2 rings (SSSR count). The third-order valence-corrected chi connectivity index (χ3v) is 3.38. The number of hydrogen-bond acceptors (Lipinski definition) is 2. The van der Waals surface area contributed by atoms with Gasteiger partial charge in [-0.25, -0.2) is 4.39 Å². The summed E-state index contributed by atoms with van der Waals surface area (Å²) in [7, 11) is 0. The highest BCUT2D eigenvalue weighted by Crippen LogP contribution is 2.20. The van der Waals surface area contributed by atoms with Gasteiger partial charge in [-0.15, -0.1) is 0 Å². The van der Waals surface area contributed by atoms with Gasteiger partial charge in [-0.2, -0.15) is 5.10 Å². The van der Waals surface area contributed by atoms with Gasteiger partial charge >= 0.3 is 0 Å². The van der Waals surface area contributed by atoms with Crippen LogP contribution in [0, 0.1) is 5.82 Å². The van der Waals surface area contributed by atoms with Crippen molar-refractivity contribution in [3.63, 3.8) is 0 Å². The van der Waals surface area contributed by atoms with E-state index in [2.05, 4.69) is 31.2 Å². The van der Waals surface area contributed by atoms with Crippen LogP contribution in [0.3, 0.4) is 0 Å². The van der Waals surface area contributed by atoms with Crippen LogP contribution < -0.4 is 5.32 Å². The number of aromatic nitrogens is 2. The van der Waals surface area contributed by atoms with Gasteiger partial charge in [-0.05, 0) is 38.5 Å². The maximum absolute atomic E-state index is 13.4. The Balaban J connectivity index is 2.14. The Labute approximate surface area is 123 Å². The summed E-state index contributed by atoms with van der Waals surface area (Å²) >= 11 is 5.98. The van der Waals surface area contributed by atoms with E-state index in [0.29, 0.717) is 13.1 Å². The molecule has 0 bridgehead atoms. The number of nitrogens with one attached hydrogen (secondary N) is 1. The summed E-state index contributed by atoms with van der Waals surface area (Å²) in [5, 5.41) is 7.85. The number of rotatable bonds is 4. The standard InChI is InChI=1S/C15H19ClFN3/c1-15(2,3)18-9-12-7-8-19-20(12)10-11-5-4-6-13(17)14(11)16/h4-8,18H,9-10H2,1-3H3. The Morgan fingerprint density at radius 1 is 1.30 bits per heavy atom. The zero-order chi connectivity index (χ0) is 14.8. The maximum Gasteiger partial charge on any atom is 0.142 e. The molecule has 0 aliphatic carbocycles. The normalized spacial score (nSPS) is 11.8. The fourth-order valence-corrected chi connectivity index (χ4v) is 2.03. The van der Waals surface area contributed by atoms with Crippen molar-refractivity contribution in [2.75, 3.05) is 0 Å². The number of benzene rings is 1. The average molecular weight is 296 g/mol. The van der Waals surface area contributed by atoms with E-state index in [1.54, 1.807) is 12.3 Å². The van der Waals surface area contributed by atoms with Crippen LogP contribution in [0.5, 0.6) is 0 Å². The summed E-state index contributed by atoms with van der Waals surface area (Å²) in [5.74, 6) is -0.398. The van der Waals surface area contributed by atoms with E-state index in [0.717, 1.165) is 11.3 Å². The molecule has 1 aromatic carbocycles. The molecule has 1 N–H and O–H groups in total. The molecule has 0 fully saturated rings. The van der Waals surface area contributed by atoms with Gasteiger partial charge in [-0.3, -0.25) is 4.68 Å². The lowest BCUT2D eigenvalue weighted by Crippen LogP contribution is -2.35. The van der Waals surface area contributed by atoms with Crippen molar-refractivity contribution in [1.29, 1.82) is 0 Å². The first-order chi connectivity index (χ1) is 9.37. The monoisotopic (exact) mass is 295 g/mol. The number of halogens is 2. The number of hydrogen-bond donors (Lipinski definition) is 1. The predicted molar refractivity (Wildman–Crippen MR) is 79.3 cm³/mol. The molecular weight excluding hydrogens is 277 g/mol. The van der Waals surface area contributed by atoms with E-state index < -0.39 is 5.82 Å². The summed E-state index contributed by atoms with van der Waals surface area (Å²) in [6.07, 6.45) is 1.74. The lowest BCUT2D eigenvalue weighted by Gasteiger charge is -2.21. The molecule has 0 radical (unpaired) electrons. The smallest absolute Gasteiger partial charge is 0.142 e. The van der Waals surface area contributed by atoms with Crippen molar-refractivity contribution >= 4 is 11.6 Å². The van der Waals surface area contributed by atoms with E-state index in [1.807, 2.05) is 16.8 Å². The molecule has 2 aromatic rings. The van der Waals surface area contributed by atoms with Crippen LogP contribution in [0.15, 0.2) is 30.5 Å². The highest BCUT2D eigenvalue weighted by atomic mass is 35.5. The zero-order valence-corrected chi connectivity index (χ0v) is 12.7. The summed E-state index contributed by atoms with van der Waals surface area (Å²) in [6, 6.07) is 6.78. The fraction of sp³-hybridized carbons (Fsp3) is 0.400. The molecule has 0 saturated heterocycles. The van der Waals surface area contributed by atoms with E-state index in [9.17, 15) is 4.39 Å². The molecule has 0 aliphatic heterocycles. The first kappa shape index (κ1) is 15.0. The second kappa shape index (κ2) is 5.94. The topological polar surface area (TPSA) is 29.9 Å². The van der Waals surface area contributed by atoms with E-state index >= 15 is 0 Å². The molecule has 1 heterocycles. The number of nitrogens with zero attached hydrogens (tertiary/aromatic N) is 2. The molecule has 0 spiro atoms. The third-order valence-electron chi connectivity index (χ3n) is 2.96. The quantitative estimate of drug-likeness (QED) is 0.934. The molecule has 1 aromatic heterocycles. The predicted octanol–water partition coefficient (Wildman–Crippen LogP) is 3.61. The molecular formula is C15H19ClFN3. The van der Waals surface area contributed by atoms with Crippen LogP contribution in [0.1, 0.15) is 32.0 Å². The first-order valence-corrected chi connectivity index (χ1v) is 6.93. The Kier molecular flexibility index (Phi) is 4.45. The van der Waals surface area contributed by atoms with Crippen LogP contribution in [0.4, 0.5) is 4.39 Å². The minimum absolute atomic E-state index is 0.0333. The minimum Gasteiger partial charge on any atom is -0.306 e. The lowest BCUT2D eigenvalue weighted by molar-refractivity contribution is 0.414. The minimum atomic E-state index is -0.398. The largest absolute Gasteiger partial charge is 0.306 e. The Morgan fingerprint density at radius 2 is 2.05 bits per heavy atom. The lowest BCUT2D eigenvalue weighted by atomic mass is 10.1. The average Bonchev–Trinajstić information content (AvgIpc) is 2.79. The van der Waals surface area contributed by atoms with Gasteiger partial charge in [0.25, 0.3) is 0 Å². The molecule has 3 nitrogen and oxygen atoms in total. The van der Waals surface area contributed by atoms with Crippen molar-refractivity contribution in [2.24, 2.45) is 0 Å². The van der Waals surface area contributed by atoms with Crippen molar-refractivity contribution < 1.29 is 4.39 Å². The molecule has 108 valence electrons. The van der Waals surface area contributed by atoms with Gasteiger partial charge in [0.05, 0.1) is 17.3 Å². The van der Waals surface area contributed by atoms with E-state index in [1.165, 1.54) is 6.07 Å². The van der Waals surface area contributed by atoms with Gasteiger partial charge < -0.3 is 5.32 Å². The summed E-state index contributed by atoms with van der Waals surface area (Å²) in [4.78, 5) is 0. The summed E-state index contributed by atoms with van der Waals surface area (Å²) in [6.45, 7) is 7.49. The van der Waals surface area contributed by atoms with Crippen LogP contribution in [-0.4, -0.2) is 15.3 Å². The van der Waals surface area contributed by atoms with Crippen LogP contribution in [0.2, 0.25) is 5.02 Å². The van der Waals surface area contributed by atoms with Crippen LogP contribution in [-0.2, 0) is 13.1 Å². The van der Waals surface area contributed by atoms with Crippen molar-refractivity contribution in [3.05, 3.63) is 52.6 Å². The Bertz CT molecular complexity index is 587. The van der Waals surface area contributed by atoms with Crippen molar-refractivity contribution in [3.8, 4) is 0 Å². The first-order valence-electron chi connectivity index (χ1n) is 6.55. The van der Waals surface area contributed by atoms with Crippen LogP contribution in [0.25, 0.3) is 0 Å². The van der Waals surface area contributed by atoms with Gasteiger partial charge in [0.15, 0.2) is 0 Å². The highest BCUT2D eigenvalue weighted by molar-refractivity contribution is 6.31. The van der Waals surface area contributed by atoms with Gasteiger partial charge in [-0.1, -0.05) is 23.7 Å². The van der Waals surface area contributed by atoms with E-state index in [-0.39, 0.29) is 10.6 Å². The van der Waals surface area contributed by atoms with Crippen molar-refractivity contribution in [2.45, 2.75) is 39.4 Å². The molecule has 0 aliphatic rings. The van der Waals surface area contributed by atoms with Crippen molar-refractivity contribution in [1.82, 2.24) is 15.1 Å². The summed E-state index contributed by atoms with van der Waals surface area (Å²) in [5.41, 5.74) is 1.80. The zero-order valence-electron chi connectivity index (χ0n) is 12.0.